The molecular formula is C16H12F3N3O2S. The van der Waals surface area contributed by atoms with E-state index in [1.165, 1.54) is 34.5 Å². The molecule has 3 aromatic rings. The van der Waals surface area contributed by atoms with Crippen molar-refractivity contribution in [1.82, 2.24) is 14.8 Å². The lowest BCUT2D eigenvalue weighted by molar-refractivity contribution is -0.137. The second-order valence-corrected chi connectivity index (χ2v) is 5.82. The van der Waals surface area contributed by atoms with Crippen molar-refractivity contribution in [2.24, 2.45) is 0 Å². The zero-order valence-corrected chi connectivity index (χ0v) is 13.8. The fourth-order valence-electron chi connectivity index (χ4n) is 2.10. The molecule has 0 unspecified atom stereocenters. The van der Waals surface area contributed by atoms with E-state index >= 15 is 0 Å². The van der Waals surface area contributed by atoms with Crippen LogP contribution in [0.4, 0.5) is 13.2 Å². The van der Waals surface area contributed by atoms with Gasteiger partial charge in [0.15, 0.2) is 0 Å². The number of carbonyl (C=O) groups excluding carboxylic acids is 1. The van der Waals surface area contributed by atoms with Crippen LogP contribution in [0.5, 0.6) is 0 Å². The minimum absolute atomic E-state index is 0.251. The normalized spacial score (nSPS) is 11.5. The smallest absolute Gasteiger partial charge is 0.416 e. The Balaban J connectivity index is 1.87. The Kier molecular flexibility index (Phi) is 4.58. The summed E-state index contributed by atoms with van der Waals surface area (Å²) in [6, 6.07) is 4.95. The maximum Gasteiger partial charge on any atom is 0.416 e. The summed E-state index contributed by atoms with van der Waals surface area (Å²) in [5.74, 6) is -0.497. The van der Waals surface area contributed by atoms with Gasteiger partial charge in [0.2, 0.25) is 5.13 Å². The summed E-state index contributed by atoms with van der Waals surface area (Å²) in [5, 5.41) is 6.11. The van der Waals surface area contributed by atoms with Gasteiger partial charge in [-0.25, -0.2) is 14.5 Å². The molecule has 0 bridgehead atoms. The van der Waals surface area contributed by atoms with Gasteiger partial charge in [-0.15, -0.1) is 11.3 Å². The number of ether oxygens (including phenoxy) is 1. The maximum absolute atomic E-state index is 12.8. The average Bonchev–Trinajstić information content (AvgIpc) is 3.24. The summed E-state index contributed by atoms with van der Waals surface area (Å²) in [4.78, 5) is 15.9. The standard InChI is InChI=1S/C16H12F3N3O2S/c1-2-24-14(23)11-7-20-22(8-11)15-21-13(9-25-15)10-4-3-5-12(6-10)16(17,18)19/h3-9H,2H2,1H3. The highest BCUT2D eigenvalue weighted by Gasteiger charge is 2.30. The second kappa shape index (κ2) is 6.67. The predicted molar refractivity (Wildman–Crippen MR) is 85.6 cm³/mol. The Morgan fingerprint density at radius 2 is 2.16 bits per heavy atom. The van der Waals surface area contributed by atoms with E-state index in [9.17, 15) is 18.0 Å². The van der Waals surface area contributed by atoms with Crippen LogP contribution < -0.4 is 0 Å². The van der Waals surface area contributed by atoms with Crippen LogP contribution in [0.3, 0.4) is 0 Å². The molecule has 0 N–H and O–H groups in total. The first kappa shape index (κ1) is 17.2. The highest BCUT2D eigenvalue weighted by molar-refractivity contribution is 7.12. The quantitative estimate of drug-likeness (QED) is 0.649. The third-order valence-electron chi connectivity index (χ3n) is 3.27. The van der Waals surface area contributed by atoms with Crippen molar-refractivity contribution >= 4 is 17.3 Å². The molecule has 2 aromatic heterocycles. The van der Waals surface area contributed by atoms with Crippen molar-refractivity contribution in [3.8, 4) is 16.4 Å². The van der Waals surface area contributed by atoms with Gasteiger partial charge >= 0.3 is 12.1 Å². The molecule has 9 heteroatoms. The molecule has 5 nitrogen and oxygen atoms in total. The fraction of sp³-hybridized carbons (Fsp3) is 0.188. The maximum atomic E-state index is 12.8. The second-order valence-electron chi connectivity index (χ2n) is 4.99. The van der Waals surface area contributed by atoms with Crippen LogP contribution in [0.25, 0.3) is 16.4 Å². The van der Waals surface area contributed by atoms with Crippen LogP contribution in [0.2, 0.25) is 0 Å². The van der Waals surface area contributed by atoms with Crippen LogP contribution in [-0.2, 0) is 10.9 Å². The number of aromatic nitrogens is 3. The molecule has 0 fully saturated rings. The molecule has 0 atom stereocenters. The van der Waals surface area contributed by atoms with Gasteiger partial charge in [-0.2, -0.15) is 18.3 Å². The number of carbonyl (C=O) groups is 1. The van der Waals surface area contributed by atoms with Gasteiger partial charge in [0.25, 0.3) is 0 Å². The molecule has 0 radical (unpaired) electrons. The summed E-state index contributed by atoms with van der Waals surface area (Å²) in [6.45, 7) is 1.95. The molecule has 0 aliphatic rings. The molecule has 1 aromatic carbocycles. The topological polar surface area (TPSA) is 57.0 Å². The van der Waals surface area contributed by atoms with E-state index in [4.69, 9.17) is 4.74 Å². The summed E-state index contributed by atoms with van der Waals surface area (Å²) in [5.41, 5.74) is 0.301. The summed E-state index contributed by atoms with van der Waals surface area (Å²) in [7, 11) is 0. The zero-order chi connectivity index (χ0) is 18.0. The highest BCUT2D eigenvalue weighted by atomic mass is 32.1. The third kappa shape index (κ3) is 3.71. The van der Waals surface area contributed by atoms with Gasteiger partial charge < -0.3 is 4.74 Å². The molecule has 0 aliphatic carbocycles. The Morgan fingerprint density at radius 1 is 1.36 bits per heavy atom. The Labute approximate surface area is 144 Å². The lowest BCUT2D eigenvalue weighted by Crippen LogP contribution is -2.04. The largest absolute Gasteiger partial charge is 0.462 e. The minimum Gasteiger partial charge on any atom is -0.462 e. The van der Waals surface area contributed by atoms with E-state index in [-0.39, 0.29) is 12.2 Å². The number of alkyl halides is 3. The SMILES string of the molecule is CCOC(=O)c1cnn(-c2nc(-c3cccc(C(F)(F)F)c3)cs2)c1. The van der Waals surface area contributed by atoms with Crippen LogP contribution in [0.15, 0.2) is 42.0 Å². The van der Waals surface area contributed by atoms with Crippen LogP contribution in [0, 0.1) is 0 Å². The van der Waals surface area contributed by atoms with Gasteiger partial charge in [0, 0.05) is 17.1 Å². The van der Waals surface area contributed by atoms with Crippen molar-refractivity contribution in [3.63, 3.8) is 0 Å². The van der Waals surface area contributed by atoms with Crippen molar-refractivity contribution in [1.29, 1.82) is 0 Å². The van der Waals surface area contributed by atoms with E-state index in [1.807, 2.05) is 0 Å². The molecule has 0 aliphatic heterocycles. The van der Waals surface area contributed by atoms with Crippen molar-refractivity contribution in [3.05, 3.63) is 53.2 Å². The van der Waals surface area contributed by atoms with Crippen molar-refractivity contribution in [2.45, 2.75) is 13.1 Å². The molecule has 25 heavy (non-hydrogen) atoms. The number of hydrogen-bond acceptors (Lipinski definition) is 5. The number of benzene rings is 1. The fourth-order valence-corrected chi connectivity index (χ4v) is 2.87. The van der Waals surface area contributed by atoms with E-state index < -0.39 is 17.7 Å². The van der Waals surface area contributed by atoms with Crippen molar-refractivity contribution < 1.29 is 22.7 Å². The molecule has 130 valence electrons. The molecular weight excluding hydrogens is 355 g/mol. The molecule has 2 heterocycles. The van der Waals surface area contributed by atoms with Gasteiger partial charge in [0.05, 0.1) is 29.6 Å². The summed E-state index contributed by atoms with van der Waals surface area (Å²) < 4.78 is 44.7. The van der Waals surface area contributed by atoms with E-state index in [2.05, 4.69) is 10.1 Å². The number of halogens is 3. The third-order valence-corrected chi connectivity index (χ3v) is 4.10. The van der Waals surface area contributed by atoms with E-state index in [1.54, 1.807) is 18.4 Å². The first-order valence-corrected chi connectivity index (χ1v) is 8.12. The Morgan fingerprint density at radius 3 is 2.88 bits per heavy atom. The van der Waals surface area contributed by atoms with Crippen LogP contribution in [0.1, 0.15) is 22.8 Å². The van der Waals surface area contributed by atoms with E-state index in [0.717, 1.165) is 12.1 Å². The monoisotopic (exact) mass is 367 g/mol. The molecule has 0 saturated heterocycles. The molecule has 3 rings (SSSR count). The molecule has 0 spiro atoms. The number of esters is 1. The zero-order valence-electron chi connectivity index (χ0n) is 12.9. The van der Waals surface area contributed by atoms with Crippen LogP contribution in [-0.4, -0.2) is 27.3 Å². The Bertz CT molecular complexity index is 902. The number of nitrogens with zero attached hydrogens (tertiary/aromatic N) is 3. The number of hydrogen-bond donors (Lipinski definition) is 0. The summed E-state index contributed by atoms with van der Waals surface area (Å²) in [6.07, 6.45) is -1.60. The predicted octanol–water partition coefficient (Wildman–Crippen LogP) is 4.19. The van der Waals surface area contributed by atoms with Crippen LogP contribution >= 0.6 is 11.3 Å². The minimum atomic E-state index is -4.41. The lowest BCUT2D eigenvalue weighted by atomic mass is 10.1. The number of rotatable bonds is 4. The number of thiazole rings is 1. The van der Waals surface area contributed by atoms with Crippen molar-refractivity contribution in [2.75, 3.05) is 6.61 Å². The lowest BCUT2D eigenvalue weighted by Gasteiger charge is -2.07. The molecule has 0 saturated carbocycles. The van der Waals surface area contributed by atoms with Gasteiger partial charge in [-0.3, -0.25) is 0 Å². The Hall–Kier alpha value is -2.68. The van der Waals surface area contributed by atoms with Gasteiger partial charge in [-0.1, -0.05) is 12.1 Å². The highest BCUT2D eigenvalue weighted by Crippen LogP contribution is 2.32. The van der Waals surface area contributed by atoms with Gasteiger partial charge in [0.1, 0.15) is 0 Å². The molecule has 0 amide bonds. The first-order valence-electron chi connectivity index (χ1n) is 7.24. The summed E-state index contributed by atoms with van der Waals surface area (Å²) >= 11 is 1.21. The first-order chi connectivity index (χ1) is 11.9. The van der Waals surface area contributed by atoms with E-state index in [0.29, 0.717) is 16.4 Å². The average molecular weight is 367 g/mol. The van der Waals surface area contributed by atoms with Gasteiger partial charge in [-0.05, 0) is 19.1 Å².